The van der Waals surface area contributed by atoms with Gasteiger partial charge in [-0.1, -0.05) is 5.92 Å². The minimum absolute atomic E-state index is 0. The van der Waals surface area contributed by atoms with Crippen molar-refractivity contribution in [1.29, 1.82) is 0 Å². The molecule has 0 aliphatic carbocycles. The zero-order valence-electron chi connectivity index (χ0n) is 5.40. The Balaban J connectivity index is 0.000000810. The highest BCUT2D eigenvalue weighted by Gasteiger charge is 2.17. The monoisotopic (exact) mass is 125 g/mol. The van der Waals surface area contributed by atoms with Gasteiger partial charge in [0.05, 0.1) is 6.04 Å². The van der Waals surface area contributed by atoms with Crippen LogP contribution < -0.4 is 5.32 Å². The first kappa shape index (κ1) is 6.15. The molecule has 1 rings (SSSR count). The molecule has 1 heterocycles. The maximum atomic E-state index is 10.5. The van der Waals surface area contributed by atoms with Gasteiger partial charge in [-0.2, -0.15) is 0 Å². The molecule has 0 aromatic rings. The molecule has 0 spiro atoms. The molecule has 2 nitrogen and oxygen atoms in total. The lowest BCUT2D eigenvalue weighted by Gasteiger charge is -1.96. The van der Waals surface area contributed by atoms with E-state index in [0.29, 0.717) is 6.42 Å². The fourth-order valence-electron chi connectivity index (χ4n) is 0.897. The van der Waals surface area contributed by atoms with E-state index in [4.69, 9.17) is 0 Å². The van der Waals surface area contributed by atoms with Crippen LogP contribution in [0.3, 0.4) is 0 Å². The highest BCUT2D eigenvalue weighted by molar-refractivity contribution is 5.79. The number of carbonyl (C=O) groups excluding carboxylic acids is 1. The summed E-state index contributed by atoms with van der Waals surface area (Å²) in [5.74, 6) is 5.79. The van der Waals surface area contributed by atoms with Crippen LogP contribution in [0, 0.1) is 11.8 Å². The van der Waals surface area contributed by atoms with Crippen molar-refractivity contribution >= 4 is 5.91 Å². The summed E-state index contributed by atoms with van der Waals surface area (Å²) in [4.78, 5) is 10.5. The normalized spacial score (nSPS) is 24.6. The van der Waals surface area contributed by atoms with Crippen LogP contribution in [0.5, 0.6) is 0 Å². The summed E-state index contributed by atoms with van der Waals surface area (Å²) in [6, 6.07) is 0.127. The Kier molecular flexibility index (Phi) is 1.74. The molecule has 2 heteroatoms. The van der Waals surface area contributed by atoms with E-state index in [2.05, 4.69) is 17.2 Å². The number of hydrogen-bond acceptors (Lipinski definition) is 1. The fourth-order valence-corrected chi connectivity index (χ4v) is 0.897. The molecule has 1 amide bonds. The van der Waals surface area contributed by atoms with Gasteiger partial charge in [-0.3, -0.25) is 4.79 Å². The van der Waals surface area contributed by atoms with Crippen LogP contribution in [0.2, 0.25) is 0 Å². The van der Waals surface area contributed by atoms with E-state index >= 15 is 0 Å². The zero-order valence-corrected chi connectivity index (χ0v) is 5.40. The molecule has 1 N–H and O–H groups in total. The molecule has 1 aliphatic heterocycles. The van der Waals surface area contributed by atoms with Crippen LogP contribution in [0.25, 0.3) is 0 Å². The highest BCUT2D eigenvalue weighted by Crippen LogP contribution is 2.04. The van der Waals surface area contributed by atoms with Crippen LogP contribution in [-0.4, -0.2) is 11.9 Å². The predicted molar refractivity (Wildman–Crippen MR) is 36.7 cm³/mol. The topological polar surface area (TPSA) is 29.1 Å². The Hall–Kier alpha value is -0.970. The molecule has 1 unspecified atom stereocenters. The summed E-state index contributed by atoms with van der Waals surface area (Å²) in [6.45, 7) is 1.78. The first-order valence-corrected chi connectivity index (χ1v) is 3.04. The van der Waals surface area contributed by atoms with Gasteiger partial charge in [-0.25, -0.2) is 0 Å². The van der Waals surface area contributed by atoms with Gasteiger partial charge in [0.15, 0.2) is 0 Å². The summed E-state index contributed by atoms with van der Waals surface area (Å²) in [7, 11) is 0. The molecule has 9 heavy (non-hydrogen) atoms. The van der Waals surface area contributed by atoms with E-state index in [0.717, 1.165) is 6.42 Å². The lowest BCUT2D eigenvalue weighted by atomic mass is 10.2. The summed E-state index contributed by atoms with van der Waals surface area (Å²) in [5, 5.41) is 2.74. The molecule has 0 aromatic heterocycles. The third-order valence-electron chi connectivity index (χ3n) is 1.31. The van der Waals surface area contributed by atoms with E-state index in [-0.39, 0.29) is 13.4 Å². The number of nitrogens with one attached hydrogen (secondary N) is 1. The first-order chi connectivity index (χ1) is 4.33. The third-order valence-corrected chi connectivity index (χ3v) is 1.31. The van der Waals surface area contributed by atoms with Gasteiger partial charge in [-0.05, 0) is 13.3 Å². The van der Waals surface area contributed by atoms with Crippen LogP contribution in [-0.2, 0) is 4.79 Å². The maximum Gasteiger partial charge on any atom is 0.221 e. The molecule has 0 aromatic carbocycles. The largest absolute Gasteiger partial charge is 0.342 e. The Morgan fingerprint density at radius 3 is 3.11 bits per heavy atom. The average Bonchev–Trinajstić information content (AvgIpc) is 2.17. The van der Waals surface area contributed by atoms with Gasteiger partial charge >= 0.3 is 0 Å². The van der Waals surface area contributed by atoms with E-state index in [1.807, 2.05) is 0 Å². The van der Waals surface area contributed by atoms with Crippen molar-refractivity contribution in [3.8, 4) is 11.8 Å². The molecular weight excluding hydrogens is 114 g/mol. The summed E-state index contributed by atoms with van der Waals surface area (Å²) < 4.78 is 0. The minimum Gasteiger partial charge on any atom is -0.342 e. The average molecular weight is 125 g/mol. The van der Waals surface area contributed by atoms with Crippen molar-refractivity contribution in [2.24, 2.45) is 0 Å². The first-order valence-electron chi connectivity index (χ1n) is 3.04. The van der Waals surface area contributed by atoms with E-state index in [1.54, 1.807) is 6.92 Å². The van der Waals surface area contributed by atoms with Crippen molar-refractivity contribution in [2.75, 3.05) is 0 Å². The molecule has 1 fully saturated rings. The van der Waals surface area contributed by atoms with Crippen LogP contribution in [0.1, 0.15) is 21.2 Å². The molecule has 0 radical (unpaired) electrons. The fraction of sp³-hybridized carbons (Fsp3) is 0.571. The number of carbonyl (C=O) groups is 1. The molecule has 0 bridgehead atoms. The molecular formula is C7H11NO. The molecule has 50 valence electrons. The predicted octanol–water partition coefficient (Wildman–Crippen LogP) is 0.534. The van der Waals surface area contributed by atoms with Gasteiger partial charge in [0, 0.05) is 7.85 Å². The van der Waals surface area contributed by atoms with E-state index in [1.165, 1.54) is 0 Å². The van der Waals surface area contributed by atoms with Crippen molar-refractivity contribution in [1.82, 2.24) is 5.32 Å². The van der Waals surface area contributed by atoms with Crippen LogP contribution in [0.4, 0.5) is 0 Å². The van der Waals surface area contributed by atoms with Gasteiger partial charge in [0.2, 0.25) is 5.91 Å². The minimum atomic E-state index is 0. The number of hydrogen-bond donors (Lipinski definition) is 1. The second-order valence-corrected chi connectivity index (χ2v) is 2.05. The highest BCUT2D eigenvalue weighted by atomic mass is 16.1. The molecule has 1 saturated heterocycles. The Bertz CT molecular complexity index is 180. The SMILES string of the molecule is CC#CC1CCC(=O)N1.[HH]. The molecule has 1 atom stereocenters. The summed E-state index contributed by atoms with van der Waals surface area (Å²) in [5.41, 5.74) is 0. The van der Waals surface area contributed by atoms with Crippen molar-refractivity contribution in [3.05, 3.63) is 0 Å². The van der Waals surface area contributed by atoms with Gasteiger partial charge in [0.1, 0.15) is 0 Å². The zero-order chi connectivity index (χ0) is 6.69. The standard InChI is InChI=1S/C7H9NO.H2/c1-2-3-6-4-5-7(9)8-6;/h6H,4-5H2,1H3,(H,8,9);1H. The van der Waals surface area contributed by atoms with E-state index < -0.39 is 0 Å². The maximum absolute atomic E-state index is 10.5. The number of rotatable bonds is 0. The van der Waals surface area contributed by atoms with Crippen LogP contribution >= 0.6 is 0 Å². The third kappa shape index (κ3) is 1.46. The Morgan fingerprint density at radius 1 is 1.89 bits per heavy atom. The second kappa shape index (κ2) is 2.54. The smallest absolute Gasteiger partial charge is 0.221 e. The van der Waals surface area contributed by atoms with Crippen molar-refractivity contribution in [3.63, 3.8) is 0 Å². The van der Waals surface area contributed by atoms with Crippen molar-refractivity contribution in [2.45, 2.75) is 25.8 Å². The van der Waals surface area contributed by atoms with E-state index in [9.17, 15) is 4.79 Å². The Morgan fingerprint density at radius 2 is 2.67 bits per heavy atom. The second-order valence-electron chi connectivity index (χ2n) is 2.05. The van der Waals surface area contributed by atoms with Crippen molar-refractivity contribution < 1.29 is 6.22 Å². The molecule has 1 aliphatic rings. The summed E-state index contributed by atoms with van der Waals surface area (Å²) in [6.07, 6.45) is 1.51. The summed E-state index contributed by atoms with van der Waals surface area (Å²) >= 11 is 0. The molecule has 0 saturated carbocycles. The van der Waals surface area contributed by atoms with Gasteiger partial charge in [0.25, 0.3) is 0 Å². The van der Waals surface area contributed by atoms with Gasteiger partial charge < -0.3 is 5.32 Å². The van der Waals surface area contributed by atoms with Crippen LogP contribution in [0.15, 0.2) is 0 Å². The number of amides is 1. The quantitative estimate of drug-likeness (QED) is 0.470. The van der Waals surface area contributed by atoms with Gasteiger partial charge in [-0.15, -0.1) is 5.92 Å². The lowest BCUT2D eigenvalue weighted by Crippen LogP contribution is -2.23. The Labute approximate surface area is 56.1 Å². The lowest BCUT2D eigenvalue weighted by molar-refractivity contribution is -0.119.